The van der Waals surface area contributed by atoms with Crippen LogP contribution in [-0.2, 0) is 0 Å². The molecule has 20 heavy (non-hydrogen) atoms. The van der Waals surface area contributed by atoms with Gasteiger partial charge in [0.2, 0.25) is 5.43 Å². The molecule has 0 atom stereocenters. The summed E-state index contributed by atoms with van der Waals surface area (Å²) in [5, 5.41) is 0.623. The predicted molar refractivity (Wildman–Crippen MR) is 81.5 cm³/mol. The monoisotopic (exact) mass is 272 g/mol. The Balaban J connectivity index is 2.94. The van der Waals surface area contributed by atoms with Crippen LogP contribution in [-0.4, -0.2) is 29.9 Å². The molecule has 1 amide bonds. The van der Waals surface area contributed by atoms with Crippen molar-refractivity contribution in [3.05, 3.63) is 44.2 Å². The zero-order valence-corrected chi connectivity index (χ0v) is 12.8. The molecule has 0 spiro atoms. The van der Waals surface area contributed by atoms with Gasteiger partial charge in [-0.3, -0.25) is 9.59 Å². The maximum Gasteiger partial charge on any atom is 0.258 e. The third-order valence-corrected chi connectivity index (χ3v) is 4.16. The molecular weight excluding hydrogens is 252 g/mol. The lowest BCUT2D eigenvalue weighted by molar-refractivity contribution is 0.0826. The van der Waals surface area contributed by atoms with Crippen LogP contribution in [0.25, 0.3) is 10.9 Å². The third-order valence-electron chi connectivity index (χ3n) is 4.16. The normalized spacial score (nSPS) is 10.9. The van der Waals surface area contributed by atoms with Crippen LogP contribution in [0.15, 0.2) is 11.0 Å². The van der Waals surface area contributed by atoms with Crippen LogP contribution in [0.3, 0.4) is 0 Å². The first-order valence-electron chi connectivity index (χ1n) is 6.60. The van der Waals surface area contributed by atoms with Gasteiger partial charge in [-0.2, -0.15) is 0 Å². The maximum atomic E-state index is 12.6. The first-order valence-corrected chi connectivity index (χ1v) is 6.60. The van der Waals surface area contributed by atoms with Crippen molar-refractivity contribution in [1.29, 1.82) is 0 Å². The number of carbonyl (C=O) groups is 1. The highest BCUT2D eigenvalue weighted by Gasteiger charge is 2.18. The van der Waals surface area contributed by atoms with E-state index >= 15 is 0 Å². The summed E-state index contributed by atoms with van der Waals surface area (Å²) in [5.41, 5.74) is 5.11. The lowest BCUT2D eigenvalue weighted by Crippen LogP contribution is -2.28. The number of nitrogens with one attached hydrogen (secondary N) is 1. The SMILES string of the molecule is Cc1c(C)c(C)c2c(=O)c(C(=O)N(C)C)c[nH]c2c1C. The van der Waals surface area contributed by atoms with E-state index in [9.17, 15) is 9.59 Å². The van der Waals surface area contributed by atoms with Crippen molar-refractivity contribution in [3.63, 3.8) is 0 Å². The molecule has 0 unspecified atom stereocenters. The quantitative estimate of drug-likeness (QED) is 0.867. The van der Waals surface area contributed by atoms with Gasteiger partial charge in [0.15, 0.2) is 0 Å². The molecule has 0 saturated carbocycles. The fraction of sp³-hybridized carbons (Fsp3) is 0.375. The van der Waals surface area contributed by atoms with Crippen molar-refractivity contribution in [2.45, 2.75) is 27.7 Å². The molecule has 0 aliphatic rings. The number of hydrogen-bond donors (Lipinski definition) is 1. The summed E-state index contributed by atoms with van der Waals surface area (Å²) in [6.07, 6.45) is 1.52. The number of carbonyl (C=O) groups excluding carboxylic acids is 1. The van der Waals surface area contributed by atoms with Crippen molar-refractivity contribution in [1.82, 2.24) is 9.88 Å². The predicted octanol–water partition coefficient (Wildman–Crippen LogP) is 2.46. The van der Waals surface area contributed by atoms with Gasteiger partial charge in [-0.25, -0.2) is 0 Å². The van der Waals surface area contributed by atoms with E-state index < -0.39 is 0 Å². The summed E-state index contributed by atoms with van der Waals surface area (Å²) in [6.45, 7) is 7.99. The smallest absolute Gasteiger partial charge is 0.258 e. The highest BCUT2D eigenvalue weighted by molar-refractivity contribution is 5.98. The molecule has 0 radical (unpaired) electrons. The van der Waals surface area contributed by atoms with Crippen LogP contribution < -0.4 is 5.43 Å². The summed E-state index contributed by atoms with van der Waals surface area (Å²) in [5.74, 6) is -0.275. The number of amides is 1. The second kappa shape index (κ2) is 4.78. The number of fused-ring (bicyclic) bond motifs is 1. The van der Waals surface area contributed by atoms with Crippen molar-refractivity contribution in [3.8, 4) is 0 Å². The van der Waals surface area contributed by atoms with Gasteiger partial charge in [-0.15, -0.1) is 0 Å². The number of hydrogen-bond acceptors (Lipinski definition) is 2. The van der Waals surface area contributed by atoms with Gasteiger partial charge in [0, 0.05) is 25.7 Å². The molecule has 106 valence electrons. The molecule has 2 rings (SSSR count). The Morgan fingerprint density at radius 1 is 1.00 bits per heavy atom. The molecule has 0 aliphatic carbocycles. The van der Waals surface area contributed by atoms with Gasteiger partial charge in [0.1, 0.15) is 5.56 Å². The Kier molecular flexibility index (Phi) is 3.42. The molecule has 0 bridgehead atoms. The summed E-state index contributed by atoms with van der Waals surface area (Å²) < 4.78 is 0. The van der Waals surface area contributed by atoms with Crippen LogP contribution in [0, 0.1) is 27.7 Å². The maximum absolute atomic E-state index is 12.6. The molecule has 1 heterocycles. The van der Waals surface area contributed by atoms with E-state index in [0.29, 0.717) is 5.39 Å². The van der Waals surface area contributed by atoms with Crippen LogP contribution in [0.5, 0.6) is 0 Å². The van der Waals surface area contributed by atoms with Crippen molar-refractivity contribution < 1.29 is 4.79 Å². The number of H-pyrrole nitrogens is 1. The van der Waals surface area contributed by atoms with Crippen LogP contribution in [0.2, 0.25) is 0 Å². The zero-order valence-electron chi connectivity index (χ0n) is 12.8. The van der Waals surface area contributed by atoms with Gasteiger partial charge in [-0.05, 0) is 49.9 Å². The zero-order chi connectivity index (χ0) is 15.2. The minimum atomic E-state index is -0.275. The molecule has 1 N–H and O–H groups in total. The number of rotatable bonds is 1. The van der Waals surface area contributed by atoms with Crippen LogP contribution in [0.4, 0.5) is 0 Å². The van der Waals surface area contributed by atoms with E-state index in [1.807, 2.05) is 27.7 Å². The molecule has 0 saturated heterocycles. The second-order valence-corrected chi connectivity index (χ2v) is 5.48. The fourth-order valence-corrected chi connectivity index (χ4v) is 2.52. The Bertz CT molecular complexity index is 770. The first-order chi connectivity index (χ1) is 9.27. The largest absolute Gasteiger partial charge is 0.360 e. The molecular formula is C16H20N2O2. The summed E-state index contributed by atoms with van der Waals surface area (Å²) in [6, 6.07) is 0. The van der Waals surface area contributed by atoms with E-state index in [1.54, 1.807) is 14.1 Å². The molecule has 1 aromatic heterocycles. The Morgan fingerprint density at radius 3 is 2.10 bits per heavy atom. The van der Waals surface area contributed by atoms with Crippen molar-refractivity contribution in [2.24, 2.45) is 0 Å². The minimum Gasteiger partial charge on any atom is -0.360 e. The second-order valence-electron chi connectivity index (χ2n) is 5.48. The van der Waals surface area contributed by atoms with E-state index in [-0.39, 0.29) is 16.9 Å². The van der Waals surface area contributed by atoms with Crippen LogP contribution >= 0.6 is 0 Å². The Morgan fingerprint density at radius 2 is 1.55 bits per heavy atom. The number of benzene rings is 1. The third kappa shape index (κ3) is 1.92. The molecule has 4 heteroatoms. The lowest BCUT2D eigenvalue weighted by Gasteiger charge is -2.15. The number of pyridine rings is 1. The average molecular weight is 272 g/mol. The fourth-order valence-electron chi connectivity index (χ4n) is 2.52. The molecule has 0 aliphatic heterocycles. The molecule has 2 aromatic rings. The topological polar surface area (TPSA) is 53.2 Å². The summed E-state index contributed by atoms with van der Waals surface area (Å²) in [7, 11) is 3.29. The van der Waals surface area contributed by atoms with Crippen LogP contribution in [0.1, 0.15) is 32.6 Å². The summed E-state index contributed by atoms with van der Waals surface area (Å²) >= 11 is 0. The van der Waals surface area contributed by atoms with Crippen molar-refractivity contribution in [2.75, 3.05) is 14.1 Å². The number of aryl methyl sites for hydroxylation is 2. The van der Waals surface area contributed by atoms with E-state index in [0.717, 1.165) is 22.2 Å². The lowest BCUT2D eigenvalue weighted by atomic mass is 9.93. The number of aromatic amines is 1. The van der Waals surface area contributed by atoms with Gasteiger partial charge < -0.3 is 9.88 Å². The van der Waals surface area contributed by atoms with Gasteiger partial charge in [-0.1, -0.05) is 0 Å². The highest BCUT2D eigenvalue weighted by Crippen LogP contribution is 2.25. The van der Waals surface area contributed by atoms with E-state index in [1.165, 1.54) is 16.7 Å². The van der Waals surface area contributed by atoms with Gasteiger partial charge >= 0.3 is 0 Å². The van der Waals surface area contributed by atoms with E-state index in [2.05, 4.69) is 4.98 Å². The summed E-state index contributed by atoms with van der Waals surface area (Å²) in [4.78, 5) is 29.2. The molecule has 4 nitrogen and oxygen atoms in total. The number of nitrogens with zero attached hydrogens (tertiary/aromatic N) is 1. The molecule has 1 aromatic carbocycles. The Hall–Kier alpha value is -2.10. The standard InChI is InChI=1S/C16H20N2O2/c1-8-9(2)11(4)14-13(10(8)3)15(19)12(7-17-14)16(20)18(5)6/h7H,1-6H3,(H,17,19). The first kappa shape index (κ1) is 14.3. The van der Waals surface area contributed by atoms with Gasteiger partial charge in [0.05, 0.1) is 5.52 Å². The average Bonchev–Trinajstić information content (AvgIpc) is 2.41. The molecule has 0 fully saturated rings. The number of aromatic nitrogens is 1. The highest BCUT2D eigenvalue weighted by atomic mass is 16.2. The Labute approximate surface area is 118 Å². The minimum absolute atomic E-state index is 0.188. The van der Waals surface area contributed by atoms with Crippen molar-refractivity contribution >= 4 is 16.8 Å². The van der Waals surface area contributed by atoms with E-state index in [4.69, 9.17) is 0 Å². The van der Waals surface area contributed by atoms with Gasteiger partial charge in [0.25, 0.3) is 5.91 Å².